The van der Waals surface area contributed by atoms with Crippen LogP contribution in [-0.2, 0) is 37.5 Å². The monoisotopic (exact) mass is 824 g/mol. The zero-order valence-corrected chi connectivity index (χ0v) is 37.7. The number of esters is 2. The number of carbonyl (C=O) groups excluding carboxylic acids is 3. The van der Waals surface area contributed by atoms with Gasteiger partial charge in [0.15, 0.2) is 11.9 Å². The third kappa shape index (κ3) is 41.6. The zero-order valence-electron chi connectivity index (χ0n) is 36.8. The maximum absolute atomic E-state index is 12.7. The topological polar surface area (TPSA) is 128 Å². The Labute approximate surface area is 348 Å². The molecule has 0 aliphatic carbocycles. The lowest BCUT2D eigenvalue weighted by Gasteiger charge is -2.28. The van der Waals surface area contributed by atoms with Gasteiger partial charge in [-0.3, -0.25) is 18.9 Å². The van der Waals surface area contributed by atoms with E-state index in [2.05, 4.69) is 38.2 Å². The van der Waals surface area contributed by atoms with Crippen LogP contribution < -0.4 is 4.89 Å². The Balaban J connectivity index is 4.55. The summed E-state index contributed by atoms with van der Waals surface area (Å²) < 4.78 is 33.6. The molecule has 0 bridgehead atoms. The van der Waals surface area contributed by atoms with Crippen LogP contribution in [-0.4, -0.2) is 75.8 Å². The van der Waals surface area contributed by atoms with Gasteiger partial charge < -0.3 is 27.9 Å². The van der Waals surface area contributed by atoms with Crippen LogP contribution in [0.3, 0.4) is 0 Å². The summed E-state index contributed by atoms with van der Waals surface area (Å²) in [5, 5.41) is 0. The lowest BCUT2D eigenvalue weighted by molar-refractivity contribution is -0.870. The maximum Gasteiger partial charge on any atom is 0.306 e. The van der Waals surface area contributed by atoms with E-state index in [0.717, 1.165) is 38.5 Å². The van der Waals surface area contributed by atoms with Crippen molar-refractivity contribution in [3.05, 3.63) is 48.6 Å². The molecular formula is C46H82NO9P. The van der Waals surface area contributed by atoms with Crippen molar-refractivity contribution in [3.63, 3.8) is 0 Å². The number of allylic oxidation sites excluding steroid dienone is 8. The summed E-state index contributed by atoms with van der Waals surface area (Å²) in [7, 11) is 1.02. The highest BCUT2D eigenvalue weighted by molar-refractivity contribution is 7.45. The second-order valence-electron chi connectivity index (χ2n) is 16.1. The SMILES string of the molecule is CCCCC/C=C\C/C=C\C/C=C\C=C\C(=O)CCCC(=O)O[C@H](COC(=O)CCCCCCCCCCCCCCCCC)COP(=O)([O-])OCC[N+](C)(C)C. The van der Waals surface area contributed by atoms with Crippen molar-refractivity contribution in [1.82, 2.24) is 0 Å². The first-order valence-electron chi connectivity index (χ1n) is 22.3. The molecule has 0 aliphatic rings. The molecular weight excluding hydrogens is 741 g/mol. The average molecular weight is 824 g/mol. The Hall–Kier alpha value is -2.36. The van der Waals surface area contributed by atoms with E-state index in [1.807, 2.05) is 33.3 Å². The zero-order chi connectivity index (χ0) is 42.3. The molecule has 0 saturated heterocycles. The van der Waals surface area contributed by atoms with Crippen molar-refractivity contribution in [2.45, 2.75) is 180 Å². The molecule has 0 fully saturated rings. The summed E-state index contributed by atoms with van der Waals surface area (Å²) in [5.41, 5.74) is 0. The van der Waals surface area contributed by atoms with E-state index in [1.54, 1.807) is 6.08 Å². The van der Waals surface area contributed by atoms with Crippen molar-refractivity contribution in [3.8, 4) is 0 Å². The Kier molecular flexibility index (Phi) is 36.3. The van der Waals surface area contributed by atoms with Crippen LogP contribution in [0, 0.1) is 0 Å². The summed E-state index contributed by atoms with van der Waals surface area (Å²) in [6, 6.07) is 0. The first-order chi connectivity index (χ1) is 27.4. The van der Waals surface area contributed by atoms with Crippen LogP contribution in [0.1, 0.15) is 174 Å². The molecule has 0 spiro atoms. The molecule has 2 atom stereocenters. The number of likely N-dealkylation sites (N-methyl/N-ethyl adjacent to an activating group) is 1. The van der Waals surface area contributed by atoms with Crippen LogP contribution in [0.2, 0.25) is 0 Å². The van der Waals surface area contributed by atoms with E-state index in [1.165, 1.54) is 96.0 Å². The largest absolute Gasteiger partial charge is 0.756 e. The summed E-state index contributed by atoms with van der Waals surface area (Å²) >= 11 is 0. The number of phosphoric ester groups is 1. The molecule has 0 saturated carbocycles. The number of carbonyl (C=O) groups is 3. The number of ether oxygens (including phenoxy) is 2. The Morgan fingerprint density at radius 1 is 0.596 bits per heavy atom. The van der Waals surface area contributed by atoms with Gasteiger partial charge in [0, 0.05) is 19.3 Å². The van der Waals surface area contributed by atoms with Crippen molar-refractivity contribution in [1.29, 1.82) is 0 Å². The molecule has 11 heteroatoms. The van der Waals surface area contributed by atoms with E-state index >= 15 is 0 Å². The molecule has 0 N–H and O–H groups in total. The van der Waals surface area contributed by atoms with Gasteiger partial charge in [-0.15, -0.1) is 0 Å². The second-order valence-corrected chi connectivity index (χ2v) is 17.5. The van der Waals surface area contributed by atoms with Crippen LogP contribution >= 0.6 is 7.82 Å². The molecule has 0 radical (unpaired) electrons. The number of hydrogen-bond donors (Lipinski definition) is 0. The van der Waals surface area contributed by atoms with Gasteiger partial charge in [0.25, 0.3) is 7.82 Å². The minimum absolute atomic E-state index is 0.0636. The van der Waals surface area contributed by atoms with Crippen LogP contribution in [0.15, 0.2) is 48.6 Å². The lowest BCUT2D eigenvalue weighted by Crippen LogP contribution is -2.37. The van der Waals surface area contributed by atoms with E-state index in [-0.39, 0.29) is 44.7 Å². The average Bonchev–Trinajstić information content (AvgIpc) is 3.15. The predicted octanol–water partition coefficient (Wildman–Crippen LogP) is 11.2. The Morgan fingerprint density at radius 3 is 1.72 bits per heavy atom. The number of ketones is 1. The number of rotatable bonds is 40. The van der Waals surface area contributed by atoms with Crippen LogP contribution in [0.25, 0.3) is 0 Å². The third-order valence-electron chi connectivity index (χ3n) is 9.33. The van der Waals surface area contributed by atoms with Crippen molar-refractivity contribution < 1.29 is 46.8 Å². The molecule has 0 heterocycles. The molecule has 330 valence electrons. The van der Waals surface area contributed by atoms with Crippen molar-refractivity contribution >= 4 is 25.5 Å². The molecule has 0 aromatic carbocycles. The molecule has 1 unspecified atom stereocenters. The Bertz CT molecular complexity index is 1170. The standard InChI is InChI=1S/C46H82NO9P/c1-6-8-10-12-14-16-18-20-21-23-25-27-29-31-33-37-45(49)53-41-44(42-55-57(51,52)54-40-39-47(3,4)5)56-46(50)38-34-36-43(48)35-32-30-28-26-24-22-19-17-15-13-11-9-7-2/h15,17,22,24,28,30,32,35,44H,6-14,16,18-21,23,25-27,29,31,33-34,36-42H2,1-5H3/b17-15-,24-22-,30-28-,35-32+/t44-/m1/s1. The first kappa shape index (κ1) is 54.6. The number of hydrogen-bond acceptors (Lipinski definition) is 9. The minimum atomic E-state index is -4.69. The van der Waals surface area contributed by atoms with Gasteiger partial charge in [-0.2, -0.15) is 0 Å². The predicted molar refractivity (Wildman–Crippen MR) is 232 cm³/mol. The van der Waals surface area contributed by atoms with E-state index in [9.17, 15) is 23.8 Å². The minimum Gasteiger partial charge on any atom is -0.756 e. The van der Waals surface area contributed by atoms with E-state index in [0.29, 0.717) is 17.4 Å². The van der Waals surface area contributed by atoms with Gasteiger partial charge >= 0.3 is 11.9 Å². The molecule has 0 amide bonds. The molecule has 0 aromatic heterocycles. The smallest absolute Gasteiger partial charge is 0.306 e. The fraction of sp³-hybridized carbons (Fsp3) is 0.761. The summed E-state index contributed by atoms with van der Waals surface area (Å²) in [4.78, 5) is 49.8. The number of nitrogens with zero attached hydrogens (tertiary/aromatic N) is 1. The quantitative estimate of drug-likeness (QED) is 0.0113. The number of quaternary nitrogens is 1. The molecule has 0 aromatic rings. The van der Waals surface area contributed by atoms with E-state index < -0.39 is 32.5 Å². The summed E-state index contributed by atoms with van der Waals surface area (Å²) in [6.07, 6.45) is 40.0. The van der Waals surface area contributed by atoms with Gasteiger partial charge in [-0.1, -0.05) is 159 Å². The fourth-order valence-electron chi connectivity index (χ4n) is 5.78. The highest BCUT2D eigenvalue weighted by Gasteiger charge is 2.22. The molecule has 0 aliphatic heterocycles. The van der Waals surface area contributed by atoms with Gasteiger partial charge in [0.2, 0.25) is 0 Å². The van der Waals surface area contributed by atoms with E-state index in [4.69, 9.17) is 18.5 Å². The second kappa shape index (κ2) is 37.9. The maximum atomic E-state index is 12.7. The summed E-state index contributed by atoms with van der Waals surface area (Å²) in [6.45, 7) is 3.92. The van der Waals surface area contributed by atoms with Gasteiger partial charge in [-0.25, -0.2) is 0 Å². The van der Waals surface area contributed by atoms with Crippen molar-refractivity contribution in [2.24, 2.45) is 0 Å². The molecule has 0 rings (SSSR count). The third-order valence-corrected chi connectivity index (χ3v) is 10.3. The van der Waals surface area contributed by atoms with Gasteiger partial charge in [0.05, 0.1) is 27.7 Å². The van der Waals surface area contributed by atoms with Gasteiger partial charge in [-0.05, 0) is 44.6 Å². The highest BCUT2D eigenvalue weighted by atomic mass is 31.2. The summed E-state index contributed by atoms with van der Waals surface area (Å²) in [5.74, 6) is -1.21. The number of phosphoric acid groups is 1. The van der Waals surface area contributed by atoms with Crippen LogP contribution in [0.5, 0.6) is 0 Å². The highest BCUT2D eigenvalue weighted by Crippen LogP contribution is 2.38. The lowest BCUT2D eigenvalue weighted by atomic mass is 10.0. The van der Waals surface area contributed by atoms with Crippen LogP contribution in [0.4, 0.5) is 0 Å². The number of unbranched alkanes of at least 4 members (excludes halogenated alkanes) is 17. The Morgan fingerprint density at radius 2 is 1.12 bits per heavy atom. The molecule has 10 nitrogen and oxygen atoms in total. The first-order valence-corrected chi connectivity index (χ1v) is 23.8. The normalized spacial score (nSPS) is 13.9. The molecule has 57 heavy (non-hydrogen) atoms. The van der Waals surface area contributed by atoms with Gasteiger partial charge in [0.1, 0.15) is 19.8 Å². The fourth-order valence-corrected chi connectivity index (χ4v) is 6.51. The van der Waals surface area contributed by atoms with Crippen molar-refractivity contribution in [2.75, 3.05) is 47.5 Å².